The summed E-state index contributed by atoms with van der Waals surface area (Å²) in [6.07, 6.45) is 36.6. The molecule has 60 heavy (non-hydrogen) atoms. The lowest BCUT2D eigenvalue weighted by Crippen LogP contribution is -2.30. The fourth-order valence-electron chi connectivity index (χ4n) is 7.18. The quantitative estimate of drug-likeness (QED) is 0.0260. The molecule has 0 heterocycles. The summed E-state index contributed by atoms with van der Waals surface area (Å²) in [5.74, 6) is -1.44. The SMILES string of the molecule is CCCCCCCCCCCCCCCCCC(=O)OC(COC(=O)CCCCCCCCCCC)COP(=O)(O)OCC(CO)OC(=O)CCCCCCCCCCC. The Morgan fingerprint density at radius 3 is 0.983 bits per heavy atom. The molecule has 0 saturated heterocycles. The van der Waals surface area contributed by atoms with Gasteiger partial charge in [-0.2, -0.15) is 0 Å². The predicted molar refractivity (Wildman–Crippen MR) is 243 cm³/mol. The molecule has 0 aromatic carbocycles. The lowest BCUT2D eigenvalue weighted by Gasteiger charge is -2.21. The van der Waals surface area contributed by atoms with E-state index >= 15 is 0 Å². The lowest BCUT2D eigenvalue weighted by atomic mass is 10.0. The minimum absolute atomic E-state index is 0.178. The number of phosphoric acid groups is 1. The number of phosphoric ester groups is 1. The minimum Gasteiger partial charge on any atom is -0.462 e. The van der Waals surface area contributed by atoms with Gasteiger partial charge in [-0.05, 0) is 19.3 Å². The molecule has 0 aromatic rings. The Labute approximate surface area is 367 Å². The van der Waals surface area contributed by atoms with Gasteiger partial charge in [0.25, 0.3) is 0 Å². The Bertz CT molecular complexity index is 1030. The number of unbranched alkanes of at least 4 members (excludes halogenated alkanes) is 30. The van der Waals surface area contributed by atoms with E-state index in [2.05, 4.69) is 20.8 Å². The number of carbonyl (C=O) groups excluding carboxylic acids is 3. The van der Waals surface area contributed by atoms with Crippen LogP contribution in [0.15, 0.2) is 0 Å². The van der Waals surface area contributed by atoms with Crippen LogP contribution < -0.4 is 0 Å². The average molecular weight is 877 g/mol. The molecule has 0 fully saturated rings. The molecule has 12 heteroatoms. The third-order valence-electron chi connectivity index (χ3n) is 11.0. The van der Waals surface area contributed by atoms with Crippen LogP contribution in [0.4, 0.5) is 0 Å². The third-order valence-corrected chi connectivity index (χ3v) is 12.0. The molecule has 0 spiro atoms. The highest BCUT2D eigenvalue weighted by atomic mass is 31.2. The second kappa shape index (κ2) is 44.1. The van der Waals surface area contributed by atoms with Gasteiger partial charge in [-0.3, -0.25) is 23.4 Å². The topological polar surface area (TPSA) is 155 Å². The molecule has 3 unspecified atom stereocenters. The van der Waals surface area contributed by atoms with E-state index in [0.717, 1.165) is 57.8 Å². The Balaban J connectivity index is 4.68. The molecule has 356 valence electrons. The van der Waals surface area contributed by atoms with Gasteiger partial charge in [0.2, 0.25) is 0 Å². The van der Waals surface area contributed by atoms with Crippen LogP contribution in [0.2, 0.25) is 0 Å². The second-order valence-electron chi connectivity index (χ2n) is 17.0. The van der Waals surface area contributed by atoms with Crippen molar-refractivity contribution in [3.8, 4) is 0 Å². The Kier molecular flexibility index (Phi) is 43.0. The molecule has 0 bridgehead atoms. The number of esters is 3. The number of carbonyl (C=O) groups is 3. The summed E-state index contributed by atoms with van der Waals surface area (Å²) in [4.78, 5) is 48.0. The first-order valence-corrected chi connectivity index (χ1v) is 26.4. The highest BCUT2D eigenvalue weighted by molar-refractivity contribution is 7.47. The number of hydrogen-bond acceptors (Lipinski definition) is 10. The number of rotatable bonds is 47. The summed E-state index contributed by atoms with van der Waals surface area (Å²) < 4.78 is 39.2. The molecule has 0 radical (unpaired) electrons. The maximum atomic E-state index is 12.8. The molecule has 0 aromatic heterocycles. The summed E-state index contributed by atoms with van der Waals surface area (Å²) in [7, 11) is -4.72. The van der Waals surface area contributed by atoms with Crippen molar-refractivity contribution >= 4 is 25.7 Å². The Morgan fingerprint density at radius 1 is 0.400 bits per heavy atom. The van der Waals surface area contributed by atoms with Crippen molar-refractivity contribution < 1.29 is 52.2 Å². The van der Waals surface area contributed by atoms with E-state index in [4.69, 9.17) is 23.3 Å². The van der Waals surface area contributed by atoms with E-state index < -0.39 is 57.8 Å². The maximum Gasteiger partial charge on any atom is 0.472 e. The zero-order chi connectivity index (χ0) is 44.2. The van der Waals surface area contributed by atoms with E-state index in [1.165, 1.54) is 135 Å². The monoisotopic (exact) mass is 877 g/mol. The van der Waals surface area contributed by atoms with Crippen LogP contribution in [0.3, 0.4) is 0 Å². The van der Waals surface area contributed by atoms with E-state index in [-0.39, 0.29) is 25.9 Å². The summed E-state index contributed by atoms with van der Waals surface area (Å²) in [5, 5.41) is 9.71. The Morgan fingerprint density at radius 2 is 0.667 bits per heavy atom. The first-order chi connectivity index (χ1) is 29.2. The van der Waals surface area contributed by atoms with Crippen LogP contribution in [0.5, 0.6) is 0 Å². The zero-order valence-corrected chi connectivity index (χ0v) is 39.8. The first kappa shape index (κ1) is 58.5. The average Bonchev–Trinajstić information content (AvgIpc) is 3.23. The van der Waals surface area contributed by atoms with Crippen molar-refractivity contribution in [3.05, 3.63) is 0 Å². The van der Waals surface area contributed by atoms with Crippen molar-refractivity contribution in [2.45, 2.75) is 264 Å². The molecule has 3 atom stereocenters. The van der Waals surface area contributed by atoms with Crippen LogP contribution in [-0.4, -0.2) is 66.5 Å². The van der Waals surface area contributed by atoms with Gasteiger partial charge >= 0.3 is 25.7 Å². The normalized spacial score (nSPS) is 13.5. The number of ether oxygens (including phenoxy) is 3. The van der Waals surface area contributed by atoms with Gasteiger partial charge in [0.05, 0.1) is 19.8 Å². The number of aliphatic hydroxyl groups excluding tert-OH is 1. The van der Waals surface area contributed by atoms with Crippen LogP contribution in [0, 0.1) is 0 Å². The zero-order valence-electron chi connectivity index (χ0n) is 39.0. The molecular formula is C48H93O11P. The summed E-state index contributed by atoms with van der Waals surface area (Å²) in [5.41, 5.74) is 0. The molecule has 0 rings (SSSR count). The van der Waals surface area contributed by atoms with Gasteiger partial charge in [-0.15, -0.1) is 0 Å². The van der Waals surface area contributed by atoms with Gasteiger partial charge in [0, 0.05) is 19.3 Å². The molecular weight excluding hydrogens is 783 g/mol. The maximum absolute atomic E-state index is 12.8. The van der Waals surface area contributed by atoms with Crippen molar-refractivity contribution in [1.29, 1.82) is 0 Å². The highest BCUT2D eigenvalue weighted by Crippen LogP contribution is 2.43. The smallest absolute Gasteiger partial charge is 0.462 e. The van der Waals surface area contributed by atoms with E-state index in [1.54, 1.807) is 0 Å². The van der Waals surface area contributed by atoms with Crippen LogP contribution in [-0.2, 0) is 42.2 Å². The van der Waals surface area contributed by atoms with E-state index in [0.29, 0.717) is 19.3 Å². The molecule has 0 amide bonds. The standard InChI is InChI=1S/C48H93O11P/c1-4-7-10-13-16-19-20-21-22-23-24-27-30-33-36-39-48(52)59-45(41-55-46(50)37-34-31-28-25-17-14-11-8-5-2)43-57-60(53,54)56-42-44(40-49)58-47(51)38-35-32-29-26-18-15-12-9-6-3/h44-45,49H,4-43H2,1-3H3,(H,53,54). The number of aliphatic hydroxyl groups is 1. The van der Waals surface area contributed by atoms with Crippen molar-refractivity contribution in [3.63, 3.8) is 0 Å². The lowest BCUT2D eigenvalue weighted by molar-refractivity contribution is -0.161. The predicted octanol–water partition coefficient (Wildman–Crippen LogP) is 13.6. The largest absolute Gasteiger partial charge is 0.472 e. The van der Waals surface area contributed by atoms with Crippen molar-refractivity contribution in [2.75, 3.05) is 26.4 Å². The first-order valence-electron chi connectivity index (χ1n) is 24.9. The summed E-state index contributed by atoms with van der Waals surface area (Å²) in [6, 6.07) is 0. The fourth-order valence-corrected chi connectivity index (χ4v) is 7.96. The van der Waals surface area contributed by atoms with Gasteiger partial charge in [0.15, 0.2) is 6.10 Å². The fraction of sp³-hybridized carbons (Fsp3) is 0.938. The van der Waals surface area contributed by atoms with Crippen LogP contribution >= 0.6 is 7.82 Å². The van der Waals surface area contributed by atoms with Gasteiger partial charge in [0.1, 0.15) is 12.7 Å². The second-order valence-corrected chi connectivity index (χ2v) is 18.5. The van der Waals surface area contributed by atoms with E-state index in [9.17, 15) is 28.9 Å². The van der Waals surface area contributed by atoms with Crippen LogP contribution in [0.1, 0.15) is 252 Å². The minimum atomic E-state index is -4.72. The summed E-state index contributed by atoms with van der Waals surface area (Å²) in [6.45, 7) is 4.62. The molecule has 0 aliphatic rings. The molecule has 11 nitrogen and oxygen atoms in total. The molecule has 0 saturated carbocycles. The number of hydrogen-bond donors (Lipinski definition) is 2. The Hall–Kier alpha value is -1.52. The highest BCUT2D eigenvalue weighted by Gasteiger charge is 2.28. The summed E-state index contributed by atoms with van der Waals surface area (Å²) >= 11 is 0. The molecule has 2 N–H and O–H groups in total. The van der Waals surface area contributed by atoms with Gasteiger partial charge in [-0.1, -0.05) is 213 Å². The third kappa shape index (κ3) is 41.8. The van der Waals surface area contributed by atoms with Crippen molar-refractivity contribution in [1.82, 2.24) is 0 Å². The van der Waals surface area contributed by atoms with Crippen molar-refractivity contribution in [2.24, 2.45) is 0 Å². The molecule has 0 aliphatic carbocycles. The molecule has 0 aliphatic heterocycles. The van der Waals surface area contributed by atoms with Gasteiger partial charge in [-0.25, -0.2) is 4.57 Å². The van der Waals surface area contributed by atoms with Gasteiger partial charge < -0.3 is 24.2 Å². The van der Waals surface area contributed by atoms with Crippen LogP contribution in [0.25, 0.3) is 0 Å². The van der Waals surface area contributed by atoms with E-state index in [1.807, 2.05) is 0 Å².